The van der Waals surface area contributed by atoms with Crippen molar-refractivity contribution >= 4 is 48.5 Å². The lowest BCUT2D eigenvalue weighted by molar-refractivity contribution is 0.0956. The average Bonchev–Trinajstić information content (AvgIpc) is 3.28. The number of benzene rings is 1. The van der Waals surface area contributed by atoms with E-state index in [1.165, 1.54) is 5.56 Å². The standard InChI is InChI=1S/C20H24BrN3O2S/c1-5-23(6-2)11-12-24(19(25)15-8-10-17(21)26-15)20-22-18-14(4)13(3)7-9-16(18)27-20/h7-10H,5-6,11-12H2,1-4H3. The predicted molar refractivity (Wildman–Crippen MR) is 115 cm³/mol. The van der Waals surface area contributed by atoms with E-state index in [2.05, 4.69) is 60.7 Å². The second kappa shape index (κ2) is 8.54. The van der Waals surface area contributed by atoms with E-state index < -0.39 is 0 Å². The molecule has 0 N–H and O–H groups in total. The van der Waals surface area contributed by atoms with Crippen molar-refractivity contribution in [1.29, 1.82) is 0 Å². The number of thiazole rings is 1. The van der Waals surface area contributed by atoms with Crippen molar-refractivity contribution in [2.24, 2.45) is 0 Å². The molecule has 0 spiro atoms. The normalized spacial score (nSPS) is 11.5. The quantitative estimate of drug-likeness (QED) is 0.493. The van der Waals surface area contributed by atoms with E-state index in [1.54, 1.807) is 28.4 Å². The first-order valence-electron chi connectivity index (χ1n) is 9.10. The second-order valence-electron chi connectivity index (χ2n) is 6.44. The van der Waals surface area contributed by atoms with Gasteiger partial charge >= 0.3 is 0 Å². The van der Waals surface area contributed by atoms with E-state index in [0.717, 1.165) is 35.4 Å². The van der Waals surface area contributed by atoms with Gasteiger partial charge in [-0.3, -0.25) is 9.69 Å². The van der Waals surface area contributed by atoms with Gasteiger partial charge in [0, 0.05) is 13.1 Å². The summed E-state index contributed by atoms with van der Waals surface area (Å²) < 4.78 is 7.15. The number of carbonyl (C=O) groups excluding carboxylic acids is 1. The number of halogens is 1. The highest BCUT2D eigenvalue weighted by Gasteiger charge is 2.24. The zero-order chi connectivity index (χ0) is 19.6. The second-order valence-corrected chi connectivity index (χ2v) is 8.23. The van der Waals surface area contributed by atoms with Gasteiger partial charge in [0.1, 0.15) is 0 Å². The summed E-state index contributed by atoms with van der Waals surface area (Å²) in [5, 5.41) is 0.711. The van der Waals surface area contributed by atoms with Gasteiger partial charge in [0.2, 0.25) is 0 Å². The van der Waals surface area contributed by atoms with Crippen molar-refractivity contribution < 1.29 is 9.21 Å². The third-order valence-electron chi connectivity index (χ3n) is 4.87. The Kier molecular flexibility index (Phi) is 6.34. The van der Waals surface area contributed by atoms with Crippen LogP contribution >= 0.6 is 27.3 Å². The van der Waals surface area contributed by atoms with Crippen LogP contribution in [0.15, 0.2) is 33.4 Å². The molecule has 0 aliphatic rings. The molecule has 0 fully saturated rings. The van der Waals surface area contributed by atoms with Crippen molar-refractivity contribution in [2.45, 2.75) is 27.7 Å². The molecule has 1 amide bonds. The largest absolute Gasteiger partial charge is 0.444 e. The summed E-state index contributed by atoms with van der Waals surface area (Å²) in [6, 6.07) is 7.61. The molecule has 2 aromatic heterocycles. The van der Waals surface area contributed by atoms with Crippen molar-refractivity contribution in [3.63, 3.8) is 0 Å². The molecule has 0 unspecified atom stereocenters. The third kappa shape index (κ3) is 4.25. The van der Waals surface area contributed by atoms with Gasteiger partial charge in [0.05, 0.1) is 10.2 Å². The molecular formula is C20H24BrN3O2S. The Balaban J connectivity index is 1.98. The van der Waals surface area contributed by atoms with Crippen molar-refractivity contribution in [1.82, 2.24) is 9.88 Å². The van der Waals surface area contributed by atoms with Crippen LogP contribution < -0.4 is 4.90 Å². The summed E-state index contributed by atoms with van der Waals surface area (Å²) in [5.74, 6) is 0.148. The molecule has 0 aliphatic heterocycles. The highest BCUT2D eigenvalue weighted by molar-refractivity contribution is 9.10. The minimum Gasteiger partial charge on any atom is -0.444 e. The minimum absolute atomic E-state index is 0.165. The van der Waals surface area contributed by atoms with Crippen LogP contribution in [0.3, 0.4) is 0 Å². The molecule has 1 aromatic carbocycles. The number of nitrogens with zero attached hydrogens (tertiary/aromatic N) is 3. The summed E-state index contributed by atoms with van der Waals surface area (Å²) in [6.45, 7) is 11.7. The van der Waals surface area contributed by atoms with Crippen LogP contribution in [0.1, 0.15) is 35.5 Å². The number of aromatic nitrogens is 1. The monoisotopic (exact) mass is 449 g/mol. The number of rotatable bonds is 7. The summed E-state index contributed by atoms with van der Waals surface area (Å²) >= 11 is 4.82. The molecule has 0 bridgehead atoms. The maximum absolute atomic E-state index is 13.1. The SMILES string of the molecule is CCN(CC)CCN(C(=O)c1ccc(Br)o1)c1nc2c(C)c(C)ccc2s1. The number of anilines is 1. The third-order valence-corrected chi connectivity index (χ3v) is 6.34. The number of furan rings is 1. The van der Waals surface area contributed by atoms with Gasteiger partial charge < -0.3 is 9.32 Å². The number of amides is 1. The van der Waals surface area contributed by atoms with Crippen LogP contribution in [0.2, 0.25) is 0 Å². The molecule has 0 radical (unpaired) electrons. The zero-order valence-electron chi connectivity index (χ0n) is 16.1. The summed E-state index contributed by atoms with van der Waals surface area (Å²) in [4.78, 5) is 22.0. The highest BCUT2D eigenvalue weighted by Crippen LogP contribution is 2.33. The molecule has 7 heteroatoms. The lowest BCUT2D eigenvalue weighted by Gasteiger charge is -2.24. The van der Waals surface area contributed by atoms with E-state index in [1.807, 2.05) is 0 Å². The van der Waals surface area contributed by atoms with E-state index in [4.69, 9.17) is 9.40 Å². The lowest BCUT2D eigenvalue weighted by Crippen LogP contribution is -2.38. The first kappa shape index (κ1) is 20.0. The van der Waals surface area contributed by atoms with Crippen molar-refractivity contribution in [2.75, 3.05) is 31.1 Å². The molecule has 0 aliphatic carbocycles. The molecular weight excluding hydrogens is 426 g/mol. The Morgan fingerprint density at radius 1 is 1.15 bits per heavy atom. The molecule has 0 atom stereocenters. The number of likely N-dealkylation sites (N-methyl/N-ethyl adjacent to an activating group) is 1. The Labute approximate surface area is 172 Å². The van der Waals surface area contributed by atoms with Crippen LogP contribution in [0.4, 0.5) is 5.13 Å². The molecule has 3 rings (SSSR count). The van der Waals surface area contributed by atoms with Crippen LogP contribution in [0.25, 0.3) is 10.2 Å². The predicted octanol–water partition coefficient (Wildman–Crippen LogP) is 5.26. The molecule has 0 saturated carbocycles. The van der Waals surface area contributed by atoms with Crippen LogP contribution in [0, 0.1) is 13.8 Å². The van der Waals surface area contributed by atoms with Crippen LogP contribution in [0.5, 0.6) is 0 Å². The van der Waals surface area contributed by atoms with Crippen molar-refractivity contribution in [3.05, 3.63) is 45.8 Å². The fraction of sp³-hybridized carbons (Fsp3) is 0.400. The maximum Gasteiger partial charge on any atom is 0.295 e. The smallest absolute Gasteiger partial charge is 0.295 e. The molecule has 2 heterocycles. The first-order chi connectivity index (χ1) is 12.9. The minimum atomic E-state index is -0.165. The number of carbonyl (C=O) groups is 1. The number of aryl methyl sites for hydroxylation is 2. The summed E-state index contributed by atoms with van der Waals surface area (Å²) in [7, 11) is 0. The summed E-state index contributed by atoms with van der Waals surface area (Å²) in [5.41, 5.74) is 3.33. The van der Waals surface area contributed by atoms with Gasteiger partial charge in [0.25, 0.3) is 5.91 Å². The Bertz CT molecular complexity index is 946. The average molecular weight is 450 g/mol. The molecule has 27 heavy (non-hydrogen) atoms. The molecule has 0 saturated heterocycles. The van der Waals surface area contributed by atoms with Crippen LogP contribution in [-0.2, 0) is 0 Å². The van der Waals surface area contributed by atoms with Crippen LogP contribution in [-0.4, -0.2) is 42.0 Å². The topological polar surface area (TPSA) is 49.6 Å². The lowest BCUT2D eigenvalue weighted by atomic mass is 10.1. The summed E-state index contributed by atoms with van der Waals surface area (Å²) in [6.07, 6.45) is 0. The van der Waals surface area contributed by atoms with E-state index in [9.17, 15) is 4.79 Å². The maximum atomic E-state index is 13.1. The van der Waals surface area contributed by atoms with Gasteiger partial charge in [-0.25, -0.2) is 4.98 Å². The van der Waals surface area contributed by atoms with E-state index in [-0.39, 0.29) is 5.91 Å². The van der Waals surface area contributed by atoms with E-state index >= 15 is 0 Å². The number of fused-ring (bicyclic) bond motifs is 1. The molecule has 144 valence electrons. The Morgan fingerprint density at radius 3 is 2.52 bits per heavy atom. The van der Waals surface area contributed by atoms with Gasteiger partial charge in [-0.15, -0.1) is 0 Å². The Hall–Kier alpha value is -1.70. The number of hydrogen-bond donors (Lipinski definition) is 0. The first-order valence-corrected chi connectivity index (χ1v) is 10.7. The highest BCUT2D eigenvalue weighted by atomic mass is 79.9. The van der Waals surface area contributed by atoms with Gasteiger partial charge in [-0.2, -0.15) is 0 Å². The Morgan fingerprint density at radius 2 is 1.89 bits per heavy atom. The van der Waals surface area contributed by atoms with Gasteiger partial charge in [-0.1, -0.05) is 31.3 Å². The van der Waals surface area contributed by atoms with E-state index in [0.29, 0.717) is 22.1 Å². The molecule has 3 aromatic rings. The zero-order valence-corrected chi connectivity index (χ0v) is 18.5. The van der Waals surface area contributed by atoms with Gasteiger partial charge in [0.15, 0.2) is 15.6 Å². The fourth-order valence-corrected chi connectivity index (χ4v) is 4.31. The van der Waals surface area contributed by atoms with Crippen molar-refractivity contribution in [3.8, 4) is 0 Å². The van der Waals surface area contributed by atoms with Gasteiger partial charge in [-0.05, 0) is 72.2 Å². The molecule has 5 nitrogen and oxygen atoms in total. The number of hydrogen-bond acceptors (Lipinski definition) is 5. The fourth-order valence-electron chi connectivity index (χ4n) is 2.96.